The summed E-state index contributed by atoms with van der Waals surface area (Å²) >= 11 is 0. The molecule has 0 spiro atoms. The zero-order valence-electron chi connectivity index (χ0n) is 65.8. The van der Waals surface area contributed by atoms with Crippen LogP contribution in [0.15, 0.2) is 228 Å². The van der Waals surface area contributed by atoms with Crippen molar-refractivity contribution < 1.29 is 130 Å². The van der Waals surface area contributed by atoms with Gasteiger partial charge >= 0.3 is 60.1 Å². The fraction of sp³-hybridized carbons (Fsp3) is 0.326. The summed E-state index contributed by atoms with van der Waals surface area (Å²) in [6.45, 7) is 29.7. The number of carbonyl (C=O) groups excluding carboxylic acids is 8. The summed E-state index contributed by atoms with van der Waals surface area (Å²) in [5.74, 6) is -2.04. The van der Waals surface area contributed by atoms with E-state index in [0.29, 0.717) is 63.0 Å². The number of benzene rings is 8. The lowest BCUT2D eigenvalue weighted by molar-refractivity contribution is -0.288. The van der Waals surface area contributed by atoms with Crippen LogP contribution in [0.1, 0.15) is 154 Å². The van der Waals surface area contributed by atoms with Crippen LogP contribution in [0.3, 0.4) is 0 Å². The standard InChI is InChI=1S/C30H26F6O5.C27H26O7S.2C15H18O5.8CH4/c1-18(2)27(38)40-17-39-25-12-7-21(20(4)15-25)16-26(37)41-24-13-10-23(11-14-24)28(29(31,32)33,30(34,35)36)22-8-5-19(3)6-9-22;1-18(2)27(29)33-17-32-23-8-7-21(20(4)15-23)16-26(28)34-22-9-13-25(14-10-22)35(30,31)24-11-5-19(3)6-12-24;2*1-10(2)15(17)20-9-19-13-6-5-12(11(3)7-13)8-14(16)18-4;;;;;;;;/h5-15H,1,16-17H2,2-4H3;5-15H,1,16-17H2,2-4H3;2*5-7H,1,8-9H2,2-4H3;8*1H4. The maximum atomic E-state index is 14.3. The van der Waals surface area contributed by atoms with Crippen molar-refractivity contribution in [2.24, 2.45) is 0 Å². The molecule has 8 aromatic carbocycles. The summed E-state index contributed by atoms with van der Waals surface area (Å²) in [5.41, 5.74) is 2.46. The molecular formula is C95H120F6O22S. The van der Waals surface area contributed by atoms with E-state index in [4.69, 9.17) is 47.4 Å². The summed E-state index contributed by atoms with van der Waals surface area (Å²) < 4.78 is 172. The molecule has 0 atom stereocenters. The van der Waals surface area contributed by atoms with Gasteiger partial charge in [0.1, 0.15) is 34.5 Å². The number of rotatable bonds is 30. The first kappa shape index (κ1) is 118. The van der Waals surface area contributed by atoms with Gasteiger partial charge in [0.25, 0.3) is 0 Å². The third-order valence-corrected chi connectivity index (χ3v) is 18.4. The fourth-order valence-electron chi connectivity index (χ4n) is 10.1. The lowest BCUT2D eigenvalue weighted by Gasteiger charge is -2.38. The number of esters is 8. The molecular weight excluding hydrogens is 1640 g/mol. The molecule has 29 heteroatoms. The van der Waals surface area contributed by atoms with Gasteiger partial charge in [-0.3, -0.25) is 19.2 Å². The maximum Gasteiger partial charge on any atom is 0.411 e. The van der Waals surface area contributed by atoms with Gasteiger partial charge in [0.15, 0.2) is 0 Å². The predicted octanol–water partition coefficient (Wildman–Crippen LogP) is 21.5. The Balaban J connectivity index is -0.000000791. The Kier molecular flexibility index (Phi) is 51.7. The topological polar surface area (TPSA) is 281 Å². The number of halogens is 6. The van der Waals surface area contributed by atoms with Crippen molar-refractivity contribution in [2.75, 3.05) is 41.4 Å². The fourth-order valence-corrected chi connectivity index (χ4v) is 11.4. The summed E-state index contributed by atoms with van der Waals surface area (Å²) in [5, 5.41) is 0. The predicted molar refractivity (Wildman–Crippen MR) is 468 cm³/mol. The average molecular weight is 1760 g/mol. The molecule has 0 aliphatic carbocycles. The SMILES string of the molecule is C.C.C.C.C.C.C.C.C=C(C)C(=O)OCOc1ccc(CC(=O)OC)c(C)c1.C=C(C)C(=O)OCOc1ccc(CC(=O)OC)c(C)c1.C=C(C)C(=O)OCOc1ccc(CC(=O)Oc2ccc(C(c3ccc(C)cc3)(C(F)(F)F)C(F)(F)F)cc2)c(C)c1.C=C(C)C(=O)OCOc1ccc(CC(=O)Oc2ccc(S(=O)(=O)c3ccc(C)cc3)cc2)c(C)c1. The van der Waals surface area contributed by atoms with Gasteiger partial charge in [-0.2, -0.15) is 26.3 Å². The van der Waals surface area contributed by atoms with E-state index in [2.05, 4.69) is 35.8 Å². The van der Waals surface area contributed by atoms with E-state index >= 15 is 0 Å². The van der Waals surface area contributed by atoms with Crippen LogP contribution >= 0.6 is 0 Å². The molecule has 0 amide bonds. The molecule has 0 unspecified atom stereocenters. The highest BCUT2D eigenvalue weighted by Gasteiger charge is 2.72. The summed E-state index contributed by atoms with van der Waals surface area (Å²) in [6.07, 6.45) is -11.2. The van der Waals surface area contributed by atoms with Gasteiger partial charge in [0, 0.05) is 22.3 Å². The molecule has 0 saturated heterocycles. The van der Waals surface area contributed by atoms with Gasteiger partial charge in [0.2, 0.25) is 42.4 Å². The first-order valence-corrected chi connectivity index (χ1v) is 36.5. The van der Waals surface area contributed by atoms with Gasteiger partial charge in [-0.1, -0.05) is 170 Å². The zero-order valence-corrected chi connectivity index (χ0v) is 66.6. The van der Waals surface area contributed by atoms with Crippen LogP contribution in [-0.4, -0.2) is 110 Å². The molecule has 0 saturated carbocycles. The van der Waals surface area contributed by atoms with Crippen LogP contribution in [0, 0.1) is 41.5 Å². The second-order valence-corrected chi connectivity index (χ2v) is 27.9. The molecule has 0 N–H and O–H groups in total. The van der Waals surface area contributed by atoms with Crippen molar-refractivity contribution in [1.29, 1.82) is 0 Å². The highest BCUT2D eigenvalue weighted by atomic mass is 32.2. The van der Waals surface area contributed by atoms with Crippen molar-refractivity contribution in [3.05, 3.63) is 285 Å². The molecule has 0 aliphatic rings. The van der Waals surface area contributed by atoms with E-state index in [1.807, 2.05) is 27.7 Å². The van der Waals surface area contributed by atoms with Gasteiger partial charge in [0.05, 0.1) is 49.7 Å². The largest absolute Gasteiger partial charge is 0.469 e. The van der Waals surface area contributed by atoms with E-state index in [1.54, 1.807) is 126 Å². The van der Waals surface area contributed by atoms with E-state index in [0.717, 1.165) is 63.2 Å². The number of alkyl halides is 6. The van der Waals surface area contributed by atoms with Crippen LogP contribution < -0.4 is 28.4 Å². The number of ether oxygens (including phenoxy) is 12. The lowest BCUT2D eigenvalue weighted by atomic mass is 9.72. The van der Waals surface area contributed by atoms with E-state index in [-0.39, 0.29) is 157 Å². The average Bonchev–Trinajstić information content (AvgIpc) is 0.716. The van der Waals surface area contributed by atoms with Crippen LogP contribution in [-0.2, 0) is 108 Å². The Bertz CT molecular complexity index is 4870. The quantitative estimate of drug-likeness (QED) is 0.0101. The molecule has 680 valence electrons. The monoisotopic (exact) mass is 1760 g/mol. The summed E-state index contributed by atoms with van der Waals surface area (Å²) in [7, 11) is -0.955. The maximum absolute atomic E-state index is 14.3. The van der Waals surface area contributed by atoms with Crippen molar-refractivity contribution in [1.82, 2.24) is 0 Å². The third kappa shape index (κ3) is 35.7. The Morgan fingerprint density at radius 3 is 0.750 bits per heavy atom. The smallest absolute Gasteiger partial charge is 0.411 e. The van der Waals surface area contributed by atoms with Crippen LogP contribution in [0.5, 0.6) is 34.5 Å². The van der Waals surface area contributed by atoms with E-state index in [9.17, 15) is 73.1 Å². The minimum absolute atomic E-state index is 0. The van der Waals surface area contributed by atoms with Gasteiger partial charge in [-0.05, 0) is 222 Å². The minimum atomic E-state index is -5.72. The Labute approximate surface area is 727 Å². The molecule has 0 aromatic heterocycles. The first-order valence-electron chi connectivity index (χ1n) is 35.0. The molecule has 22 nitrogen and oxygen atoms in total. The summed E-state index contributed by atoms with van der Waals surface area (Å²) in [6, 6.07) is 39.7. The number of hydrogen-bond donors (Lipinski definition) is 0. The van der Waals surface area contributed by atoms with Crippen molar-refractivity contribution >= 4 is 57.6 Å². The molecule has 0 bridgehead atoms. The number of carbonyl (C=O) groups is 8. The highest BCUT2D eigenvalue weighted by molar-refractivity contribution is 7.91. The van der Waals surface area contributed by atoms with Gasteiger partial charge in [-0.25, -0.2) is 27.6 Å². The van der Waals surface area contributed by atoms with Gasteiger partial charge < -0.3 is 56.8 Å². The summed E-state index contributed by atoms with van der Waals surface area (Å²) in [4.78, 5) is 92.8. The molecule has 0 radical (unpaired) electrons. The number of methoxy groups -OCH3 is 2. The Morgan fingerprint density at radius 2 is 0.524 bits per heavy atom. The molecule has 8 rings (SSSR count). The van der Waals surface area contributed by atoms with Crippen molar-refractivity contribution in [3.8, 4) is 34.5 Å². The minimum Gasteiger partial charge on any atom is -0.469 e. The first-order chi connectivity index (χ1) is 54.5. The van der Waals surface area contributed by atoms with Gasteiger partial charge in [-0.15, -0.1) is 0 Å². The van der Waals surface area contributed by atoms with Crippen LogP contribution in [0.4, 0.5) is 26.3 Å². The second-order valence-electron chi connectivity index (χ2n) is 26.0. The molecule has 8 aromatic rings. The van der Waals surface area contributed by atoms with E-state index in [1.165, 1.54) is 63.6 Å². The van der Waals surface area contributed by atoms with Crippen LogP contribution in [0.2, 0.25) is 0 Å². The van der Waals surface area contributed by atoms with Crippen molar-refractivity contribution in [3.63, 3.8) is 0 Å². The van der Waals surface area contributed by atoms with Crippen LogP contribution in [0.25, 0.3) is 0 Å². The number of sulfone groups is 1. The Hall–Kier alpha value is -12.8. The zero-order chi connectivity index (χ0) is 86.4. The molecule has 0 aliphatic heterocycles. The lowest BCUT2D eigenvalue weighted by Crippen LogP contribution is -2.54. The second kappa shape index (κ2) is 54.6. The van der Waals surface area contributed by atoms with Crippen molar-refractivity contribution in [2.45, 2.75) is 182 Å². The third-order valence-electron chi connectivity index (χ3n) is 16.7. The highest BCUT2D eigenvalue weighted by Crippen LogP contribution is 2.56. The number of hydrogen-bond acceptors (Lipinski definition) is 22. The van der Waals surface area contributed by atoms with E-state index < -0.39 is 74.5 Å². The molecule has 0 fully saturated rings. The molecule has 0 heterocycles. The normalized spacial score (nSPS) is 10.2. The number of aryl methyl sites for hydroxylation is 6. The molecule has 124 heavy (non-hydrogen) atoms. The Morgan fingerprint density at radius 1 is 0.315 bits per heavy atom.